The van der Waals surface area contributed by atoms with E-state index in [1.807, 2.05) is 20.8 Å². The zero-order chi connectivity index (χ0) is 28.9. The van der Waals surface area contributed by atoms with E-state index in [2.05, 4.69) is 10.6 Å². The van der Waals surface area contributed by atoms with Gasteiger partial charge in [-0.15, -0.1) is 10.3 Å². The second-order valence-electron chi connectivity index (χ2n) is 12.6. The van der Waals surface area contributed by atoms with Crippen molar-refractivity contribution in [1.29, 1.82) is 0 Å². The molecule has 38 heavy (non-hydrogen) atoms. The summed E-state index contributed by atoms with van der Waals surface area (Å²) in [5, 5.41) is 18.4. The van der Waals surface area contributed by atoms with Gasteiger partial charge in [-0.3, -0.25) is 9.00 Å². The second-order valence-corrected chi connectivity index (χ2v) is 14.2. The van der Waals surface area contributed by atoms with Gasteiger partial charge in [0.05, 0.1) is 25.0 Å². The van der Waals surface area contributed by atoms with Gasteiger partial charge in [-0.25, -0.2) is 4.79 Å². The van der Waals surface area contributed by atoms with Crippen LogP contribution in [-0.4, -0.2) is 81.7 Å². The molecule has 2 fully saturated rings. The van der Waals surface area contributed by atoms with Crippen molar-refractivity contribution < 1.29 is 37.3 Å². The number of halogens is 2. The van der Waals surface area contributed by atoms with E-state index in [1.54, 1.807) is 27.7 Å². The molecule has 0 spiro atoms. The van der Waals surface area contributed by atoms with E-state index >= 15 is 0 Å². The number of hydrogen-bond donors (Lipinski definition) is 2. The molecule has 9 nitrogen and oxygen atoms in total. The number of carbonyl (C=O) groups excluding carboxylic acids is 2. The molecule has 0 saturated carbocycles. The number of hydrogen-bond acceptors (Lipinski definition) is 6. The van der Waals surface area contributed by atoms with E-state index in [0.29, 0.717) is 31.5 Å². The van der Waals surface area contributed by atoms with Gasteiger partial charge in [0, 0.05) is 39.1 Å². The molecule has 0 aliphatic carbocycles. The summed E-state index contributed by atoms with van der Waals surface area (Å²) in [6.07, 6.45) is 1.62. The number of carbonyl (C=O) groups is 2. The number of hydroxylamine groups is 2. The Morgan fingerprint density at radius 2 is 1.74 bits per heavy atom. The van der Waals surface area contributed by atoms with Gasteiger partial charge in [0.2, 0.25) is 0 Å². The van der Waals surface area contributed by atoms with Crippen LogP contribution in [0.2, 0.25) is 0 Å². The van der Waals surface area contributed by atoms with Crippen LogP contribution >= 0.6 is 0 Å². The zero-order valence-corrected chi connectivity index (χ0v) is 24.4. The van der Waals surface area contributed by atoms with Crippen LogP contribution in [0.5, 0.6) is 0 Å². The molecule has 2 saturated heterocycles. The molecule has 2 N–H and O–H groups in total. The minimum atomic E-state index is -3.82. The van der Waals surface area contributed by atoms with Crippen molar-refractivity contribution in [3.05, 3.63) is 12.2 Å². The predicted molar refractivity (Wildman–Crippen MR) is 140 cm³/mol. The van der Waals surface area contributed by atoms with E-state index in [-0.39, 0.29) is 36.5 Å². The van der Waals surface area contributed by atoms with Crippen molar-refractivity contribution in [2.75, 3.05) is 31.3 Å². The number of ether oxygens (including phenoxy) is 2. The molecule has 1 radical (unpaired) electrons. The first-order valence-corrected chi connectivity index (χ1v) is 14.6. The third-order valence-corrected chi connectivity index (χ3v) is 8.39. The van der Waals surface area contributed by atoms with Gasteiger partial charge in [0.15, 0.2) is 0 Å². The largest absolute Gasteiger partial charge is 0.449 e. The van der Waals surface area contributed by atoms with Gasteiger partial charge in [-0.2, -0.15) is 8.78 Å². The van der Waals surface area contributed by atoms with E-state index in [0.717, 1.165) is 11.1 Å². The van der Waals surface area contributed by atoms with Crippen LogP contribution in [0, 0.1) is 11.3 Å². The van der Waals surface area contributed by atoms with Crippen molar-refractivity contribution >= 4 is 22.8 Å². The monoisotopic (exact) mass is 564 g/mol. The molecule has 0 bridgehead atoms. The number of piperidine rings is 1. The van der Waals surface area contributed by atoms with Crippen molar-refractivity contribution in [3.63, 3.8) is 0 Å². The average Bonchev–Trinajstić information content (AvgIpc) is 2.74. The Bertz CT molecular complexity index is 874. The summed E-state index contributed by atoms with van der Waals surface area (Å²) in [6, 6.07) is -1.37. The molecule has 219 valence electrons. The van der Waals surface area contributed by atoms with E-state index in [9.17, 15) is 27.8 Å². The van der Waals surface area contributed by atoms with Crippen LogP contribution in [0.15, 0.2) is 12.2 Å². The summed E-state index contributed by atoms with van der Waals surface area (Å²) >= 11 is 0. The maximum atomic E-state index is 14.8. The summed E-state index contributed by atoms with van der Waals surface area (Å²) in [5.41, 5.74) is -1.74. The molecule has 1 unspecified atom stereocenters. The van der Waals surface area contributed by atoms with E-state index in [1.165, 1.54) is 0 Å². The van der Waals surface area contributed by atoms with Crippen molar-refractivity contribution in [3.8, 4) is 0 Å². The molecule has 2 heterocycles. The highest BCUT2D eigenvalue weighted by Gasteiger charge is 2.48. The van der Waals surface area contributed by atoms with Crippen molar-refractivity contribution in [2.45, 2.75) is 96.8 Å². The van der Waals surface area contributed by atoms with E-state index < -0.39 is 51.9 Å². The van der Waals surface area contributed by atoms with Gasteiger partial charge in [0.1, 0.15) is 6.61 Å². The van der Waals surface area contributed by atoms with Crippen molar-refractivity contribution in [2.24, 2.45) is 11.3 Å². The normalized spacial score (nSPS) is 23.0. The van der Waals surface area contributed by atoms with Crippen LogP contribution in [0.4, 0.5) is 13.6 Å². The predicted octanol–water partition coefficient (Wildman–Crippen LogP) is 3.59. The maximum Gasteiger partial charge on any atom is 0.407 e. The van der Waals surface area contributed by atoms with Crippen LogP contribution in [0.1, 0.15) is 67.7 Å². The van der Waals surface area contributed by atoms with Gasteiger partial charge in [-0.1, -0.05) is 26.8 Å². The molecule has 2 aliphatic rings. The first kappa shape index (κ1) is 32.6. The molecule has 0 aromatic heterocycles. The zero-order valence-electron chi connectivity index (χ0n) is 23.6. The SMILES string of the molecule is CC(C)C[C@@H](/C=C/C(F)(F)C(=O)NC1CC(C)(C)N([O])C(C)(C)C1)NC(=O)OCCS(=O)CC1(C)COC1. The molecule has 2 rings (SSSR count). The molecule has 2 amide bonds. The van der Waals surface area contributed by atoms with Gasteiger partial charge >= 0.3 is 12.0 Å². The minimum absolute atomic E-state index is 0.0621. The summed E-state index contributed by atoms with van der Waals surface area (Å²) < 4.78 is 52.0. The van der Waals surface area contributed by atoms with Gasteiger partial charge in [0.25, 0.3) is 5.91 Å². The topological polar surface area (TPSA) is 117 Å². The Morgan fingerprint density at radius 1 is 1.16 bits per heavy atom. The van der Waals surface area contributed by atoms with E-state index in [4.69, 9.17) is 9.47 Å². The molecular formula is C26H44F2N3O6S. The summed E-state index contributed by atoms with van der Waals surface area (Å²) in [6.45, 7) is 13.7. The summed E-state index contributed by atoms with van der Waals surface area (Å²) in [4.78, 5) is 24.7. The lowest BCUT2D eigenvalue weighted by Crippen LogP contribution is -2.63. The maximum absolute atomic E-state index is 14.8. The molecule has 12 heteroatoms. The van der Waals surface area contributed by atoms with Gasteiger partial charge < -0.3 is 20.1 Å². The highest BCUT2D eigenvalue weighted by Crippen LogP contribution is 2.37. The lowest BCUT2D eigenvalue weighted by atomic mass is 9.79. The van der Waals surface area contributed by atoms with Crippen molar-refractivity contribution in [1.82, 2.24) is 15.7 Å². The first-order valence-electron chi connectivity index (χ1n) is 13.1. The van der Waals surface area contributed by atoms with Crippen LogP contribution < -0.4 is 10.6 Å². The standard InChI is InChI=1S/C26H44F2N3O6S/c1-18(2)12-19(30-22(33)37-10-11-38(35)17-25(7)15-36-16-25)8-9-26(27,28)21(32)29-20-13-23(3,4)31(34)24(5,6)14-20/h8-9,18-20H,10-17H2,1-7H3,(H,29,32)(H,30,33)/b9-8+/t19-,38?/m1/s1. The Hall–Kier alpha value is -1.63. The number of nitrogens with zero attached hydrogens (tertiary/aromatic N) is 1. The Kier molecular flexibility index (Phi) is 10.9. The number of amides is 2. The smallest absolute Gasteiger partial charge is 0.407 e. The quantitative estimate of drug-likeness (QED) is 0.350. The molecule has 2 aliphatic heterocycles. The number of rotatable bonds is 12. The van der Waals surface area contributed by atoms with Crippen LogP contribution in [0.3, 0.4) is 0 Å². The van der Waals surface area contributed by atoms with Gasteiger partial charge in [-0.05, 0) is 59.0 Å². The first-order chi connectivity index (χ1) is 17.4. The fourth-order valence-corrected chi connectivity index (χ4v) is 6.43. The number of alkyl carbamates (subject to hydrolysis) is 1. The molecule has 0 aromatic carbocycles. The fraction of sp³-hybridized carbons (Fsp3) is 0.846. The third kappa shape index (κ3) is 9.53. The molecule has 0 aromatic rings. The molecule has 2 atom stereocenters. The Labute approximate surface area is 227 Å². The highest BCUT2D eigenvalue weighted by molar-refractivity contribution is 7.85. The number of nitrogens with one attached hydrogen (secondary N) is 2. The fourth-order valence-electron chi connectivity index (χ4n) is 5.07. The minimum Gasteiger partial charge on any atom is -0.449 e. The second kappa shape index (κ2) is 12.7. The summed E-state index contributed by atoms with van der Waals surface area (Å²) in [7, 11) is -1.17. The lowest BCUT2D eigenvalue weighted by Gasteiger charge is -2.50. The Morgan fingerprint density at radius 3 is 2.24 bits per heavy atom. The number of alkyl halides is 2. The summed E-state index contributed by atoms with van der Waals surface area (Å²) in [5.74, 6) is -4.58. The van der Waals surface area contributed by atoms with Crippen LogP contribution in [0.25, 0.3) is 0 Å². The average molecular weight is 565 g/mol. The Balaban J connectivity index is 1.91. The van der Waals surface area contributed by atoms with Crippen LogP contribution in [-0.2, 0) is 30.3 Å². The highest BCUT2D eigenvalue weighted by atomic mass is 32.2. The molecular weight excluding hydrogens is 520 g/mol. The third-order valence-electron chi connectivity index (χ3n) is 6.75. The lowest BCUT2D eigenvalue weighted by molar-refractivity contribution is -0.290.